The van der Waals surface area contributed by atoms with Crippen molar-refractivity contribution in [3.63, 3.8) is 0 Å². The second kappa shape index (κ2) is 8.24. The normalized spacial score (nSPS) is 11.6. The molecule has 0 radical (unpaired) electrons. The minimum Gasteiger partial charge on any atom is -0.496 e. The fourth-order valence-electron chi connectivity index (χ4n) is 2.40. The van der Waals surface area contributed by atoms with Crippen LogP contribution >= 0.6 is 23.1 Å². The zero-order valence-electron chi connectivity index (χ0n) is 15.0. The van der Waals surface area contributed by atoms with Gasteiger partial charge in [0, 0.05) is 7.05 Å². The molecule has 0 saturated heterocycles. The lowest BCUT2D eigenvalue weighted by Crippen LogP contribution is -2.22. The van der Waals surface area contributed by atoms with Crippen molar-refractivity contribution in [3.8, 4) is 23.2 Å². The molecule has 27 heavy (non-hydrogen) atoms. The molecule has 0 fully saturated rings. The van der Waals surface area contributed by atoms with Crippen LogP contribution in [0.15, 0.2) is 40.9 Å². The van der Waals surface area contributed by atoms with E-state index in [1.54, 1.807) is 25.5 Å². The number of methoxy groups -OCH3 is 1. The molecule has 9 heteroatoms. The number of anilines is 1. The number of carbonyl (C=O) groups is 1. The van der Waals surface area contributed by atoms with E-state index in [9.17, 15) is 4.79 Å². The predicted octanol–water partition coefficient (Wildman–Crippen LogP) is 3.54. The highest BCUT2D eigenvalue weighted by molar-refractivity contribution is 8.00. The fourth-order valence-corrected chi connectivity index (χ4v) is 3.96. The maximum Gasteiger partial charge on any atom is 0.238 e. The second-order valence-electron chi connectivity index (χ2n) is 5.59. The molecular weight excluding hydrogens is 382 g/mol. The van der Waals surface area contributed by atoms with Gasteiger partial charge < -0.3 is 14.6 Å². The van der Waals surface area contributed by atoms with Crippen molar-refractivity contribution in [1.29, 1.82) is 5.26 Å². The summed E-state index contributed by atoms with van der Waals surface area (Å²) in [5, 5.41) is 22.8. The first kappa shape index (κ1) is 18.9. The van der Waals surface area contributed by atoms with Gasteiger partial charge in [0.25, 0.3) is 0 Å². The Morgan fingerprint density at radius 3 is 2.89 bits per heavy atom. The van der Waals surface area contributed by atoms with Gasteiger partial charge in [0.1, 0.15) is 16.8 Å². The van der Waals surface area contributed by atoms with E-state index in [0.717, 1.165) is 5.56 Å². The summed E-state index contributed by atoms with van der Waals surface area (Å²) in [7, 11) is 3.46. The minimum atomic E-state index is -0.410. The van der Waals surface area contributed by atoms with Gasteiger partial charge in [-0.15, -0.1) is 21.5 Å². The number of hydrogen-bond donors (Lipinski definition) is 1. The third kappa shape index (κ3) is 3.97. The van der Waals surface area contributed by atoms with Gasteiger partial charge in [-0.1, -0.05) is 23.9 Å². The number of carbonyl (C=O) groups excluding carboxylic acids is 1. The second-order valence-corrected chi connectivity index (χ2v) is 7.81. The van der Waals surface area contributed by atoms with E-state index < -0.39 is 5.25 Å². The number of aromatic nitrogens is 3. The van der Waals surface area contributed by atoms with Gasteiger partial charge in [0.15, 0.2) is 11.0 Å². The SMILES string of the molecule is COc1ccccc1-c1nnc(S[C@H](C)C(=O)Nc2sccc2C#N)n1C. The first-order chi connectivity index (χ1) is 13.0. The summed E-state index contributed by atoms with van der Waals surface area (Å²) in [6.45, 7) is 1.79. The van der Waals surface area contributed by atoms with E-state index in [0.29, 0.717) is 27.3 Å². The van der Waals surface area contributed by atoms with Crippen LogP contribution in [-0.2, 0) is 11.8 Å². The Morgan fingerprint density at radius 2 is 2.15 bits per heavy atom. The van der Waals surface area contributed by atoms with Gasteiger partial charge in [0.05, 0.1) is 23.5 Å². The third-order valence-corrected chi connectivity index (χ3v) is 5.82. The molecule has 1 atom stereocenters. The zero-order chi connectivity index (χ0) is 19.4. The highest BCUT2D eigenvalue weighted by Gasteiger charge is 2.21. The molecule has 7 nitrogen and oxygen atoms in total. The summed E-state index contributed by atoms with van der Waals surface area (Å²) < 4.78 is 7.22. The minimum absolute atomic E-state index is 0.194. The van der Waals surface area contributed by atoms with E-state index in [1.807, 2.05) is 35.9 Å². The quantitative estimate of drug-likeness (QED) is 0.637. The molecule has 138 valence electrons. The lowest BCUT2D eigenvalue weighted by atomic mass is 10.2. The Balaban J connectivity index is 1.75. The molecule has 0 aliphatic rings. The van der Waals surface area contributed by atoms with E-state index in [2.05, 4.69) is 21.6 Å². The maximum absolute atomic E-state index is 12.5. The Morgan fingerprint density at radius 1 is 1.37 bits per heavy atom. The van der Waals surface area contributed by atoms with Crippen LogP contribution in [0.3, 0.4) is 0 Å². The van der Waals surface area contributed by atoms with E-state index in [4.69, 9.17) is 10.00 Å². The topological polar surface area (TPSA) is 92.8 Å². The molecule has 0 spiro atoms. The first-order valence-corrected chi connectivity index (χ1v) is 9.79. The number of hydrogen-bond acceptors (Lipinski definition) is 7. The van der Waals surface area contributed by atoms with Crippen LogP contribution in [0.25, 0.3) is 11.4 Å². The van der Waals surface area contributed by atoms with Gasteiger partial charge in [0.2, 0.25) is 5.91 Å². The standard InChI is InChI=1S/C18H17N5O2S2/c1-11(16(24)20-17-12(10-19)8-9-26-17)27-18-22-21-15(23(18)2)13-6-4-5-7-14(13)25-3/h4-9,11H,1-3H3,(H,20,24)/t11-/m1/s1. The molecule has 3 aromatic rings. The van der Waals surface area contributed by atoms with Gasteiger partial charge in [-0.05, 0) is 30.5 Å². The lowest BCUT2D eigenvalue weighted by molar-refractivity contribution is -0.115. The lowest BCUT2D eigenvalue weighted by Gasteiger charge is -2.11. The average molecular weight is 400 g/mol. The summed E-state index contributed by atoms with van der Waals surface area (Å²) in [5.41, 5.74) is 1.29. The number of thioether (sulfide) groups is 1. The number of para-hydroxylation sites is 1. The number of nitrogens with zero attached hydrogens (tertiary/aromatic N) is 4. The summed E-state index contributed by atoms with van der Waals surface area (Å²) in [6.07, 6.45) is 0. The Bertz CT molecular complexity index is 1010. The van der Waals surface area contributed by atoms with E-state index >= 15 is 0 Å². The Labute approximate surface area is 165 Å². The predicted molar refractivity (Wildman–Crippen MR) is 106 cm³/mol. The van der Waals surface area contributed by atoms with Gasteiger partial charge >= 0.3 is 0 Å². The van der Waals surface area contributed by atoms with Gasteiger partial charge in [-0.2, -0.15) is 5.26 Å². The van der Waals surface area contributed by atoms with Crippen LogP contribution in [-0.4, -0.2) is 33.0 Å². The Hall–Kier alpha value is -2.83. The number of rotatable bonds is 6. The molecule has 0 aliphatic heterocycles. The summed E-state index contributed by atoms with van der Waals surface area (Å²) in [4.78, 5) is 12.5. The number of amides is 1. The average Bonchev–Trinajstić information content (AvgIpc) is 3.28. The molecule has 2 heterocycles. The molecule has 1 aromatic carbocycles. The molecule has 0 saturated carbocycles. The highest BCUT2D eigenvalue weighted by atomic mass is 32.2. The molecule has 1 N–H and O–H groups in total. The Kier molecular flexibility index (Phi) is 5.78. The summed E-state index contributed by atoms with van der Waals surface area (Å²) >= 11 is 2.62. The van der Waals surface area contributed by atoms with Crippen molar-refractivity contribution in [2.24, 2.45) is 7.05 Å². The number of thiophene rings is 1. The van der Waals surface area contributed by atoms with Crippen LogP contribution in [0.2, 0.25) is 0 Å². The molecule has 1 amide bonds. The largest absolute Gasteiger partial charge is 0.496 e. The zero-order valence-corrected chi connectivity index (χ0v) is 16.6. The van der Waals surface area contributed by atoms with Crippen molar-refractivity contribution < 1.29 is 9.53 Å². The third-order valence-electron chi connectivity index (χ3n) is 3.86. The number of ether oxygens (including phenoxy) is 1. The molecule has 2 aromatic heterocycles. The van der Waals surface area contributed by atoms with Crippen LogP contribution in [0.4, 0.5) is 5.00 Å². The summed E-state index contributed by atoms with van der Waals surface area (Å²) in [5.74, 6) is 1.17. The monoisotopic (exact) mass is 399 g/mol. The smallest absolute Gasteiger partial charge is 0.238 e. The fraction of sp³-hybridized carbons (Fsp3) is 0.222. The molecule has 0 aliphatic carbocycles. The highest BCUT2D eigenvalue weighted by Crippen LogP contribution is 2.31. The van der Waals surface area contributed by atoms with Gasteiger partial charge in [-0.25, -0.2) is 0 Å². The van der Waals surface area contributed by atoms with Gasteiger partial charge in [-0.3, -0.25) is 4.79 Å². The van der Waals surface area contributed by atoms with Crippen molar-refractivity contribution in [2.45, 2.75) is 17.3 Å². The van der Waals surface area contributed by atoms with Crippen molar-refractivity contribution in [3.05, 3.63) is 41.3 Å². The molecular formula is C18H17N5O2S2. The number of benzene rings is 1. The first-order valence-electron chi connectivity index (χ1n) is 8.03. The molecule has 0 bridgehead atoms. The number of nitrogens with one attached hydrogen (secondary N) is 1. The van der Waals surface area contributed by atoms with Crippen molar-refractivity contribution >= 4 is 34.0 Å². The van der Waals surface area contributed by atoms with E-state index in [1.165, 1.54) is 23.1 Å². The maximum atomic E-state index is 12.5. The van der Waals surface area contributed by atoms with Crippen LogP contribution in [0.5, 0.6) is 5.75 Å². The van der Waals surface area contributed by atoms with E-state index in [-0.39, 0.29) is 5.91 Å². The molecule has 0 unspecified atom stereocenters. The molecule has 3 rings (SSSR count). The summed E-state index contributed by atoms with van der Waals surface area (Å²) in [6, 6.07) is 11.3. The number of nitriles is 1. The van der Waals surface area contributed by atoms with Crippen molar-refractivity contribution in [2.75, 3.05) is 12.4 Å². The van der Waals surface area contributed by atoms with Crippen LogP contribution in [0.1, 0.15) is 12.5 Å². The van der Waals surface area contributed by atoms with Crippen molar-refractivity contribution in [1.82, 2.24) is 14.8 Å². The van der Waals surface area contributed by atoms with Crippen LogP contribution in [0, 0.1) is 11.3 Å². The van der Waals surface area contributed by atoms with Crippen LogP contribution < -0.4 is 10.1 Å².